The van der Waals surface area contributed by atoms with E-state index in [-0.39, 0.29) is 5.95 Å². The third-order valence-electron chi connectivity index (χ3n) is 3.10. The lowest BCUT2D eigenvalue weighted by Crippen LogP contribution is -2.22. The maximum absolute atomic E-state index is 5.76. The SMILES string of the molecule is Cc1cnc(CNc2nc(N)nc(N3CCCC3)n2)s1. The van der Waals surface area contributed by atoms with Crippen molar-refractivity contribution in [1.82, 2.24) is 19.9 Å². The highest BCUT2D eigenvalue weighted by Gasteiger charge is 2.16. The lowest BCUT2D eigenvalue weighted by molar-refractivity contribution is 0.880. The van der Waals surface area contributed by atoms with Gasteiger partial charge in [-0.25, -0.2) is 4.98 Å². The summed E-state index contributed by atoms with van der Waals surface area (Å²) < 4.78 is 0. The molecular formula is C12H17N7S. The van der Waals surface area contributed by atoms with Crippen LogP contribution in [0.3, 0.4) is 0 Å². The van der Waals surface area contributed by atoms with Crippen LogP contribution in [0.5, 0.6) is 0 Å². The topological polar surface area (TPSA) is 92.8 Å². The number of aromatic nitrogens is 4. The number of rotatable bonds is 4. The molecule has 20 heavy (non-hydrogen) atoms. The van der Waals surface area contributed by atoms with E-state index in [1.807, 2.05) is 13.1 Å². The van der Waals surface area contributed by atoms with Crippen LogP contribution in [0, 0.1) is 6.92 Å². The largest absolute Gasteiger partial charge is 0.368 e. The van der Waals surface area contributed by atoms with Gasteiger partial charge in [-0.3, -0.25) is 0 Å². The lowest BCUT2D eigenvalue weighted by Gasteiger charge is -2.15. The van der Waals surface area contributed by atoms with Gasteiger partial charge in [0.15, 0.2) is 0 Å². The third-order valence-corrected chi connectivity index (χ3v) is 4.01. The van der Waals surface area contributed by atoms with Gasteiger partial charge in [0, 0.05) is 24.2 Å². The second-order valence-electron chi connectivity index (χ2n) is 4.73. The number of thiazole rings is 1. The highest BCUT2D eigenvalue weighted by atomic mass is 32.1. The Kier molecular flexibility index (Phi) is 3.64. The second kappa shape index (κ2) is 5.58. The summed E-state index contributed by atoms with van der Waals surface area (Å²) in [4.78, 5) is 20.4. The molecule has 0 unspecified atom stereocenters. The summed E-state index contributed by atoms with van der Waals surface area (Å²) in [5, 5.41) is 4.16. The van der Waals surface area contributed by atoms with Crippen molar-refractivity contribution in [3.63, 3.8) is 0 Å². The number of hydrogen-bond donors (Lipinski definition) is 2. The van der Waals surface area contributed by atoms with E-state index in [0.29, 0.717) is 18.4 Å². The van der Waals surface area contributed by atoms with E-state index in [1.54, 1.807) is 11.3 Å². The van der Waals surface area contributed by atoms with Crippen molar-refractivity contribution in [2.75, 3.05) is 29.0 Å². The summed E-state index contributed by atoms with van der Waals surface area (Å²) in [5.74, 6) is 1.42. The molecule has 106 valence electrons. The Labute approximate surface area is 121 Å². The van der Waals surface area contributed by atoms with Crippen LogP contribution < -0.4 is 16.0 Å². The summed E-state index contributed by atoms with van der Waals surface area (Å²) in [5.41, 5.74) is 5.76. The second-order valence-corrected chi connectivity index (χ2v) is 6.05. The molecule has 0 atom stereocenters. The van der Waals surface area contributed by atoms with Crippen molar-refractivity contribution >= 4 is 29.2 Å². The van der Waals surface area contributed by atoms with Crippen LogP contribution in [0.2, 0.25) is 0 Å². The Bertz CT molecular complexity index is 591. The summed E-state index contributed by atoms with van der Waals surface area (Å²) >= 11 is 1.65. The molecule has 0 amide bonds. The Hall–Kier alpha value is -1.96. The zero-order valence-corrected chi connectivity index (χ0v) is 12.2. The molecule has 0 radical (unpaired) electrons. The minimum Gasteiger partial charge on any atom is -0.368 e. The predicted octanol–water partition coefficient (Wildman–Crippen LogP) is 1.43. The summed E-state index contributed by atoms with van der Waals surface area (Å²) in [7, 11) is 0. The molecule has 0 aromatic carbocycles. The first-order chi connectivity index (χ1) is 9.70. The zero-order valence-electron chi connectivity index (χ0n) is 11.3. The maximum Gasteiger partial charge on any atom is 0.231 e. The molecule has 0 saturated carbocycles. The average Bonchev–Trinajstić information content (AvgIpc) is 3.07. The number of nitrogen functional groups attached to an aromatic ring is 1. The van der Waals surface area contributed by atoms with E-state index in [2.05, 4.69) is 30.2 Å². The predicted molar refractivity (Wildman–Crippen MR) is 79.9 cm³/mol. The Morgan fingerprint density at radius 3 is 2.80 bits per heavy atom. The van der Waals surface area contributed by atoms with E-state index in [0.717, 1.165) is 18.1 Å². The van der Waals surface area contributed by atoms with Crippen LogP contribution in [0.1, 0.15) is 22.7 Å². The fourth-order valence-corrected chi connectivity index (χ4v) is 2.88. The van der Waals surface area contributed by atoms with Gasteiger partial charge in [0.1, 0.15) is 5.01 Å². The highest BCUT2D eigenvalue weighted by Crippen LogP contribution is 2.18. The van der Waals surface area contributed by atoms with Gasteiger partial charge in [-0.2, -0.15) is 15.0 Å². The number of hydrogen-bond acceptors (Lipinski definition) is 8. The fourth-order valence-electron chi connectivity index (χ4n) is 2.16. The number of nitrogens with two attached hydrogens (primary N) is 1. The lowest BCUT2D eigenvalue weighted by atomic mass is 10.4. The van der Waals surface area contributed by atoms with Crippen molar-refractivity contribution in [1.29, 1.82) is 0 Å². The van der Waals surface area contributed by atoms with Crippen LogP contribution in [0.25, 0.3) is 0 Å². The van der Waals surface area contributed by atoms with Gasteiger partial charge in [0.25, 0.3) is 0 Å². The molecule has 3 rings (SSSR count). The first-order valence-electron chi connectivity index (χ1n) is 6.62. The van der Waals surface area contributed by atoms with Gasteiger partial charge in [-0.05, 0) is 19.8 Å². The molecule has 1 aliphatic heterocycles. The van der Waals surface area contributed by atoms with Gasteiger partial charge in [0.2, 0.25) is 17.8 Å². The Morgan fingerprint density at radius 2 is 2.10 bits per heavy atom. The standard InChI is InChI=1S/C12H17N7S/c1-8-6-14-9(20-8)7-15-11-16-10(13)17-12(18-11)19-4-2-3-5-19/h6H,2-5,7H2,1H3,(H3,13,15,16,17,18). The molecule has 2 aromatic rings. The van der Waals surface area contributed by atoms with Gasteiger partial charge >= 0.3 is 0 Å². The Morgan fingerprint density at radius 1 is 1.30 bits per heavy atom. The normalized spacial score (nSPS) is 14.8. The average molecular weight is 291 g/mol. The first kappa shape index (κ1) is 13.0. The number of nitrogens with one attached hydrogen (secondary N) is 1. The molecular weight excluding hydrogens is 274 g/mol. The monoisotopic (exact) mass is 291 g/mol. The zero-order chi connectivity index (χ0) is 13.9. The highest BCUT2D eigenvalue weighted by molar-refractivity contribution is 7.11. The van der Waals surface area contributed by atoms with E-state index < -0.39 is 0 Å². The van der Waals surface area contributed by atoms with E-state index in [1.165, 1.54) is 17.7 Å². The molecule has 1 fully saturated rings. The van der Waals surface area contributed by atoms with Crippen LogP contribution in [0.15, 0.2) is 6.20 Å². The number of aryl methyl sites for hydroxylation is 1. The van der Waals surface area contributed by atoms with E-state index >= 15 is 0 Å². The van der Waals surface area contributed by atoms with Crippen LogP contribution >= 0.6 is 11.3 Å². The molecule has 7 nitrogen and oxygen atoms in total. The van der Waals surface area contributed by atoms with Crippen molar-refractivity contribution < 1.29 is 0 Å². The van der Waals surface area contributed by atoms with Crippen LogP contribution in [-0.2, 0) is 6.54 Å². The Balaban J connectivity index is 1.72. The smallest absolute Gasteiger partial charge is 0.231 e. The molecule has 0 spiro atoms. The molecule has 1 saturated heterocycles. The van der Waals surface area contributed by atoms with Gasteiger partial charge in [-0.15, -0.1) is 11.3 Å². The molecule has 3 N–H and O–H groups in total. The van der Waals surface area contributed by atoms with E-state index in [4.69, 9.17) is 5.73 Å². The summed E-state index contributed by atoms with van der Waals surface area (Å²) in [6.07, 6.45) is 4.21. The third kappa shape index (κ3) is 2.96. The van der Waals surface area contributed by atoms with Crippen molar-refractivity contribution in [3.8, 4) is 0 Å². The molecule has 0 aliphatic carbocycles. The number of nitrogens with zero attached hydrogens (tertiary/aromatic N) is 5. The van der Waals surface area contributed by atoms with Crippen molar-refractivity contribution in [3.05, 3.63) is 16.1 Å². The van der Waals surface area contributed by atoms with Crippen molar-refractivity contribution in [2.45, 2.75) is 26.3 Å². The summed E-state index contributed by atoms with van der Waals surface area (Å²) in [6.45, 7) is 4.60. The summed E-state index contributed by atoms with van der Waals surface area (Å²) in [6, 6.07) is 0. The quantitative estimate of drug-likeness (QED) is 0.880. The fraction of sp³-hybridized carbons (Fsp3) is 0.500. The van der Waals surface area contributed by atoms with Crippen molar-refractivity contribution in [2.24, 2.45) is 0 Å². The molecule has 3 heterocycles. The first-order valence-corrected chi connectivity index (χ1v) is 7.44. The molecule has 1 aliphatic rings. The van der Waals surface area contributed by atoms with Gasteiger partial charge < -0.3 is 16.0 Å². The molecule has 8 heteroatoms. The minimum atomic E-state index is 0.250. The molecule has 2 aromatic heterocycles. The van der Waals surface area contributed by atoms with Crippen LogP contribution in [0.4, 0.5) is 17.8 Å². The van der Waals surface area contributed by atoms with E-state index in [9.17, 15) is 0 Å². The maximum atomic E-state index is 5.76. The minimum absolute atomic E-state index is 0.250. The molecule has 0 bridgehead atoms. The van der Waals surface area contributed by atoms with Crippen LogP contribution in [-0.4, -0.2) is 33.0 Å². The number of anilines is 3. The van der Waals surface area contributed by atoms with Gasteiger partial charge in [-0.1, -0.05) is 0 Å². The van der Waals surface area contributed by atoms with Gasteiger partial charge in [0.05, 0.1) is 6.54 Å².